The third kappa shape index (κ3) is 2.00. The number of nitriles is 1. The van der Waals surface area contributed by atoms with Crippen molar-refractivity contribution in [2.75, 3.05) is 11.9 Å². The molecule has 0 atom stereocenters. The van der Waals surface area contributed by atoms with E-state index in [1.54, 1.807) is 18.2 Å². The van der Waals surface area contributed by atoms with Gasteiger partial charge in [-0.1, -0.05) is 17.7 Å². The van der Waals surface area contributed by atoms with Crippen LogP contribution in [0.4, 0.5) is 5.69 Å². The van der Waals surface area contributed by atoms with Crippen LogP contribution in [0.25, 0.3) is 0 Å². The quantitative estimate of drug-likeness (QED) is 0.825. The van der Waals surface area contributed by atoms with E-state index < -0.39 is 0 Å². The molecule has 0 radical (unpaired) electrons. The molecule has 0 aromatic heterocycles. The van der Waals surface area contributed by atoms with Gasteiger partial charge in [-0.2, -0.15) is 5.26 Å². The van der Waals surface area contributed by atoms with Crippen molar-refractivity contribution in [2.24, 2.45) is 5.92 Å². The number of nitrogens with one attached hydrogen (secondary N) is 1. The van der Waals surface area contributed by atoms with Gasteiger partial charge in [0, 0.05) is 6.54 Å². The van der Waals surface area contributed by atoms with Gasteiger partial charge in [0.2, 0.25) is 0 Å². The number of benzene rings is 1. The maximum atomic E-state index is 8.88. The predicted octanol–water partition coefficient (Wildman–Crippen LogP) is 3.03. The molecule has 1 N–H and O–H groups in total. The summed E-state index contributed by atoms with van der Waals surface area (Å²) in [5.74, 6) is 0.776. The van der Waals surface area contributed by atoms with Gasteiger partial charge >= 0.3 is 0 Å². The highest BCUT2D eigenvalue weighted by atomic mass is 35.5. The summed E-state index contributed by atoms with van der Waals surface area (Å²) in [4.78, 5) is 0. The minimum Gasteiger partial charge on any atom is -0.382 e. The third-order valence-corrected chi connectivity index (χ3v) is 2.71. The molecule has 0 amide bonds. The van der Waals surface area contributed by atoms with E-state index in [9.17, 15) is 0 Å². The van der Waals surface area contributed by atoms with Crippen LogP contribution in [0.5, 0.6) is 0 Å². The Morgan fingerprint density at radius 2 is 2.29 bits per heavy atom. The maximum absolute atomic E-state index is 8.88. The second kappa shape index (κ2) is 3.89. The highest BCUT2D eigenvalue weighted by molar-refractivity contribution is 6.33. The number of hydrogen-bond acceptors (Lipinski definition) is 2. The molecule has 1 aliphatic carbocycles. The topological polar surface area (TPSA) is 35.8 Å². The maximum Gasteiger partial charge on any atom is 0.101 e. The first kappa shape index (κ1) is 9.36. The molecular weight excluding hydrogens is 196 g/mol. The summed E-state index contributed by atoms with van der Waals surface area (Å²) >= 11 is 6.00. The van der Waals surface area contributed by atoms with E-state index in [-0.39, 0.29) is 0 Å². The lowest BCUT2D eigenvalue weighted by Crippen LogP contribution is -2.05. The average Bonchev–Trinajstić information content (AvgIpc) is 2.99. The number of halogens is 1. The van der Waals surface area contributed by atoms with E-state index in [2.05, 4.69) is 11.4 Å². The summed E-state index contributed by atoms with van der Waals surface area (Å²) in [6.07, 6.45) is 2.58. The zero-order chi connectivity index (χ0) is 9.97. The van der Waals surface area contributed by atoms with Crippen LogP contribution >= 0.6 is 11.6 Å². The second-order valence-corrected chi connectivity index (χ2v) is 4.01. The summed E-state index contributed by atoms with van der Waals surface area (Å²) in [6.45, 7) is 0.929. The van der Waals surface area contributed by atoms with Crippen molar-refractivity contribution in [3.8, 4) is 6.07 Å². The molecule has 0 unspecified atom stereocenters. The zero-order valence-corrected chi connectivity index (χ0v) is 8.51. The number of anilines is 1. The Balaban J connectivity index is 2.16. The van der Waals surface area contributed by atoms with Crippen molar-refractivity contribution in [1.29, 1.82) is 5.26 Å². The smallest absolute Gasteiger partial charge is 0.101 e. The Bertz CT molecular complexity index is 377. The molecule has 1 aliphatic rings. The van der Waals surface area contributed by atoms with E-state index in [0.717, 1.165) is 18.2 Å². The van der Waals surface area contributed by atoms with E-state index in [1.165, 1.54) is 12.8 Å². The molecule has 2 nitrogen and oxygen atoms in total. The number of nitrogens with zero attached hydrogens (tertiary/aromatic N) is 1. The average molecular weight is 207 g/mol. The lowest BCUT2D eigenvalue weighted by atomic mass is 10.2. The van der Waals surface area contributed by atoms with E-state index in [1.807, 2.05) is 0 Å². The molecule has 1 aromatic rings. The van der Waals surface area contributed by atoms with Crippen molar-refractivity contribution in [2.45, 2.75) is 12.8 Å². The largest absolute Gasteiger partial charge is 0.382 e. The number of rotatable bonds is 3. The number of hydrogen-bond donors (Lipinski definition) is 1. The molecule has 0 saturated heterocycles. The van der Waals surface area contributed by atoms with Gasteiger partial charge in [0.05, 0.1) is 16.3 Å². The third-order valence-electron chi connectivity index (χ3n) is 2.40. The first-order valence-electron chi connectivity index (χ1n) is 4.73. The molecule has 0 spiro atoms. The van der Waals surface area contributed by atoms with Crippen LogP contribution in [-0.2, 0) is 0 Å². The summed E-state index contributed by atoms with van der Waals surface area (Å²) in [5, 5.41) is 12.7. The van der Waals surface area contributed by atoms with Crippen LogP contribution in [-0.4, -0.2) is 6.54 Å². The summed E-state index contributed by atoms with van der Waals surface area (Å²) in [5.41, 5.74) is 1.40. The van der Waals surface area contributed by atoms with Gasteiger partial charge in [-0.25, -0.2) is 0 Å². The van der Waals surface area contributed by atoms with E-state index in [4.69, 9.17) is 16.9 Å². The van der Waals surface area contributed by atoms with Crippen LogP contribution in [0.1, 0.15) is 18.4 Å². The molecule has 1 saturated carbocycles. The lowest BCUT2D eigenvalue weighted by Gasteiger charge is -2.08. The fourth-order valence-corrected chi connectivity index (χ4v) is 1.61. The molecule has 72 valence electrons. The minimum atomic E-state index is 0.623. The van der Waals surface area contributed by atoms with Gasteiger partial charge in [0.25, 0.3) is 0 Å². The van der Waals surface area contributed by atoms with Crippen LogP contribution < -0.4 is 5.32 Å². The molecule has 1 aromatic carbocycles. The van der Waals surface area contributed by atoms with Crippen molar-refractivity contribution in [1.82, 2.24) is 0 Å². The SMILES string of the molecule is N#Cc1cccc(Cl)c1NCC1CC1. The Labute approximate surface area is 88.5 Å². The lowest BCUT2D eigenvalue weighted by molar-refractivity contribution is 0.889. The summed E-state index contributed by atoms with van der Waals surface area (Å²) < 4.78 is 0. The van der Waals surface area contributed by atoms with Crippen molar-refractivity contribution >= 4 is 17.3 Å². The Kier molecular flexibility index (Phi) is 2.60. The van der Waals surface area contributed by atoms with Gasteiger partial charge in [0.15, 0.2) is 0 Å². The van der Waals surface area contributed by atoms with Crippen LogP contribution in [0, 0.1) is 17.2 Å². The van der Waals surface area contributed by atoms with E-state index >= 15 is 0 Å². The first-order valence-corrected chi connectivity index (χ1v) is 5.11. The Morgan fingerprint density at radius 3 is 2.93 bits per heavy atom. The van der Waals surface area contributed by atoms with Crippen LogP contribution in [0.15, 0.2) is 18.2 Å². The van der Waals surface area contributed by atoms with Gasteiger partial charge in [-0.15, -0.1) is 0 Å². The predicted molar refractivity (Wildman–Crippen MR) is 57.4 cm³/mol. The van der Waals surface area contributed by atoms with Gasteiger partial charge < -0.3 is 5.32 Å². The minimum absolute atomic E-state index is 0.623. The molecule has 0 heterocycles. The van der Waals surface area contributed by atoms with Crippen LogP contribution in [0.3, 0.4) is 0 Å². The molecular formula is C11H11ClN2. The van der Waals surface area contributed by atoms with E-state index in [0.29, 0.717) is 10.6 Å². The molecule has 14 heavy (non-hydrogen) atoms. The Morgan fingerprint density at radius 1 is 1.50 bits per heavy atom. The number of para-hydroxylation sites is 1. The van der Waals surface area contributed by atoms with Crippen molar-refractivity contribution < 1.29 is 0 Å². The molecule has 3 heteroatoms. The summed E-state index contributed by atoms with van der Waals surface area (Å²) in [6, 6.07) is 7.51. The zero-order valence-electron chi connectivity index (χ0n) is 7.76. The molecule has 0 aliphatic heterocycles. The highest BCUT2D eigenvalue weighted by Gasteiger charge is 2.21. The van der Waals surface area contributed by atoms with Crippen molar-refractivity contribution in [3.63, 3.8) is 0 Å². The molecule has 2 rings (SSSR count). The van der Waals surface area contributed by atoms with Crippen molar-refractivity contribution in [3.05, 3.63) is 28.8 Å². The molecule has 0 bridgehead atoms. The standard InChI is InChI=1S/C11H11ClN2/c12-10-3-1-2-9(6-13)11(10)14-7-8-4-5-8/h1-3,8,14H,4-5,7H2. The normalized spacial score (nSPS) is 14.9. The van der Waals surface area contributed by atoms with Gasteiger partial charge in [-0.3, -0.25) is 0 Å². The van der Waals surface area contributed by atoms with Crippen LogP contribution in [0.2, 0.25) is 5.02 Å². The molecule has 1 fully saturated rings. The van der Waals surface area contributed by atoms with Gasteiger partial charge in [-0.05, 0) is 30.9 Å². The fourth-order valence-electron chi connectivity index (χ4n) is 1.37. The highest BCUT2D eigenvalue weighted by Crippen LogP contribution is 2.31. The fraction of sp³-hybridized carbons (Fsp3) is 0.364. The van der Waals surface area contributed by atoms with Gasteiger partial charge in [0.1, 0.15) is 6.07 Å². The summed E-state index contributed by atoms with van der Waals surface area (Å²) in [7, 11) is 0. The second-order valence-electron chi connectivity index (χ2n) is 3.60. The first-order chi connectivity index (χ1) is 6.81. The Hall–Kier alpha value is -1.20. The monoisotopic (exact) mass is 206 g/mol.